The van der Waals surface area contributed by atoms with E-state index >= 15 is 0 Å². The minimum atomic E-state index is -3.37. The highest BCUT2D eigenvalue weighted by Crippen LogP contribution is 2.12. The highest BCUT2D eigenvalue weighted by atomic mass is 35.5. The molecule has 0 atom stereocenters. The molecule has 0 aromatic carbocycles. The van der Waals surface area contributed by atoms with Crippen LogP contribution in [0.5, 0.6) is 0 Å². The zero-order valence-corrected chi connectivity index (χ0v) is 8.92. The third-order valence-electron chi connectivity index (χ3n) is 1.59. The molecule has 4 nitrogen and oxygen atoms in total. The maximum atomic E-state index is 11.5. The van der Waals surface area contributed by atoms with Crippen LogP contribution in [0.2, 0.25) is 5.02 Å². The van der Waals surface area contributed by atoms with E-state index in [2.05, 4.69) is 4.98 Å². The van der Waals surface area contributed by atoms with Gasteiger partial charge in [-0.2, -0.15) is 0 Å². The Morgan fingerprint density at radius 1 is 1.43 bits per heavy atom. The van der Waals surface area contributed by atoms with E-state index in [1.165, 1.54) is 18.3 Å². The second kappa shape index (κ2) is 4.72. The van der Waals surface area contributed by atoms with E-state index in [4.69, 9.17) is 16.7 Å². The van der Waals surface area contributed by atoms with Crippen LogP contribution in [0.25, 0.3) is 0 Å². The Morgan fingerprint density at radius 2 is 2.14 bits per heavy atom. The van der Waals surface area contributed by atoms with Gasteiger partial charge in [-0.25, -0.2) is 13.4 Å². The van der Waals surface area contributed by atoms with Gasteiger partial charge in [-0.1, -0.05) is 11.6 Å². The number of hydrogen-bond donors (Lipinski definition) is 1. The molecular formula is C8H10ClNO3S. The molecule has 0 saturated heterocycles. The maximum Gasteiger partial charge on any atom is 0.195 e. The predicted molar refractivity (Wildman–Crippen MR) is 53.0 cm³/mol. The highest BCUT2D eigenvalue weighted by Gasteiger charge is 2.14. The van der Waals surface area contributed by atoms with Crippen molar-refractivity contribution in [1.29, 1.82) is 0 Å². The van der Waals surface area contributed by atoms with Crippen LogP contribution in [-0.2, 0) is 9.84 Å². The molecule has 0 radical (unpaired) electrons. The number of pyridine rings is 1. The molecule has 1 rings (SSSR count). The van der Waals surface area contributed by atoms with Crippen molar-refractivity contribution in [1.82, 2.24) is 4.98 Å². The van der Waals surface area contributed by atoms with E-state index in [9.17, 15) is 8.42 Å². The van der Waals surface area contributed by atoms with Crippen molar-refractivity contribution in [2.24, 2.45) is 0 Å². The van der Waals surface area contributed by atoms with Crippen molar-refractivity contribution in [2.75, 3.05) is 12.4 Å². The SMILES string of the molecule is O=S(=O)(CCCO)c1ccc(Cl)cn1. The molecule has 0 aliphatic rings. The minimum absolute atomic E-state index is 0.00431. The summed E-state index contributed by atoms with van der Waals surface area (Å²) in [6.45, 7) is -0.146. The Hall–Kier alpha value is -0.650. The Balaban J connectivity index is 2.87. The molecule has 6 heteroatoms. The number of aliphatic hydroxyl groups excluding tert-OH is 1. The van der Waals surface area contributed by atoms with Gasteiger partial charge in [-0.05, 0) is 18.6 Å². The average molecular weight is 236 g/mol. The lowest BCUT2D eigenvalue weighted by Crippen LogP contribution is -2.09. The smallest absolute Gasteiger partial charge is 0.195 e. The number of aromatic nitrogens is 1. The highest BCUT2D eigenvalue weighted by molar-refractivity contribution is 7.91. The Morgan fingerprint density at radius 3 is 2.64 bits per heavy atom. The first-order chi connectivity index (χ1) is 6.56. The first kappa shape index (κ1) is 11.4. The zero-order chi connectivity index (χ0) is 10.6. The quantitative estimate of drug-likeness (QED) is 0.842. The molecule has 0 saturated carbocycles. The molecule has 1 N–H and O–H groups in total. The molecule has 0 amide bonds. The molecular weight excluding hydrogens is 226 g/mol. The van der Waals surface area contributed by atoms with Gasteiger partial charge in [0.2, 0.25) is 0 Å². The van der Waals surface area contributed by atoms with Gasteiger partial charge >= 0.3 is 0 Å². The van der Waals surface area contributed by atoms with Crippen LogP contribution in [0.3, 0.4) is 0 Å². The van der Waals surface area contributed by atoms with Crippen LogP contribution < -0.4 is 0 Å². The lowest BCUT2D eigenvalue weighted by molar-refractivity contribution is 0.295. The predicted octanol–water partition coefficient (Wildman–Crippen LogP) is 0.891. The van der Waals surface area contributed by atoms with Gasteiger partial charge in [0.1, 0.15) is 0 Å². The molecule has 0 unspecified atom stereocenters. The van der Waals surface area contributed by atoms with E-state index in [-0.39, 0.29) is 23.8 Å². The maximum absolute atomic E-state index is 11.5. The average Bonchev–Trinajstić information content (AvgIpc) is 2.16. The van der Waals surface area contributed by atoms with Gasteiger partial charge in [0, 0.05) is 12.8 Å². The molecule has 1 heterocycles. The normalized spacial score (nSPS) is 11.6. The molecule has 1 aromatic heterocycles. The monoisotopic (exact) mass is 235 g/mol. The van der Waals surface area contributed by atoms with Gasteiger partial charge < -0.3 is 5.11 Å². The second-order valence-corrected chi connectivity index (χ2v) is 5.20. The van der Waals surface area contributed by atoms with Gasteiger partial charge in [0.25, 0.3) is 0 Å². The summed E-state index contributed by atoms with van der Waals surface area (Å²) in [4.78, 5) is 3.70. The molecule has 0 aliphatic carbocycles. The zero-order valence-electron chi connectivity index (χ0n) is 7.35. The van der Waals surface area contributed by atoms with Crippen molar-refractivity contribution in [3.63, 3.8) is 0 Å². The molecule has 1 aromatic rings. The summed E-state index contributed by atoms with van der Waals surface area (Å²) in [7, 11) is -3.37. The number of nitrogens with zero attached hydrogens (tertiary/aromatic N) is 1. The Labute approximate surface area is 87.5 Å². The number of hydrogen-bond acceptors (Lipinski definition) is 4. The van der Waals surface area contributed by atoms with Gasteiger partial charge in [0.15, 0.2) is 14.9 Å². The van der Waals surface area contributed by atoms with Crippen molar-refractivity contribution < 1.29 is 13.5 Å². The molecule has 14 heavy (non-hydrogen) atoms. The van der Waals surface area contributed by atoms with Crippen LogP contribution >= 0.6 is 11.6 Å². The summed E-state index contributed by atoms with van der Waals surface area (Å²) in [5, 5.41) is 8.90. The van der Waals surface area contributed by atoms with Crippen molar-refractivity contribution >= 4 is 21.4 Å². The van der Waals surface area contributed by atoms with E-state index in [1.807, 2.05) is 0 Å². The minimum Gasteiger partial charge on any atom is -0.396 e. The summed E-state index contributed by atoms with van der Waals surface area (Å²) >= 11 is 5.57. The number of rotatable bonds is 4. The van der Waals surface area contributed by atoms with Crippen LogP contribution in [0.4, 0.5) is 0 Å². The fourth-order valence-corrected chi connectivity index (χ4v) is 2.22. The fraction of sp³-hybridized carbons (Fsp3) is 0.375. The van der Waals surface area contributed by atoms with Gasteiger partial charge in [-0.3, -0.25) is 0 Å². The van der Waals surface area contributed by atoms with Crippen LogP contribution in [0, 0.1) is 0 Å². The Bertz CT molecular complexity index is 388. The largest absolute Gasteiger partial charge is 0.396 e. The van der Waals surface area contributed by atoms with Crippen molar-refractivity contribution in [2.45, 2.75) is 11.4 Å². The van der Waals surface area contributed by atoms with Crippen LogP contribution in [0.15, 0.2) is 23.4 Å². The Kier molecular flexibility index (Phi) is 3.86. The molecule has 78 valence electrons. The van der Waals surface area contributed by atoms with Crippen molar-refractivity contribution in [3.8, 4) is 0 Å². The topological polar surface area (TPSA) is 67.3 Å². The molecule has 0 fully saturated rings. The van der Waals surface area contributed by atoms with Crippen LogP contribution in [0.1, 0.15) is 6.42 Å². The summed E-state index contributed by atoms with van der Waals surface area (Å²) in [6.07, 6.45) is 1.50. The standard InChI is InChI=1S/C8H10ClNO3S/c9-7-2-3-8(10-6-7)14(12,13)5-1-4-11/h2-3,6,11H,1,4-5H2. The summed E-state index contributed by atoms with van der Waals surface area (Å²) < 4.78 is 23.0. The number of sulfone groups is 1. The first-order valence-corrected chi connectivity index (χ1v) is 6.04. The summed E-state index contributed by atoms with van der Waals surface area (Å²) in [6, 6.07) is 2.83. The van der Waals surface area contributed by atoms with Gasteiger partial charge in [0.05, 0.1) is 10.8 Å². The second-order valence-electron chi connectivity index (χ2n) is 2.71. The van der Waals surface area contributed by atoms with E-state index in [0.29, 0.717) is 5.02 Å². The number of aliphatic hydroxyl groups is 1. The van der Waals surface area contributed by atoms with Crippen LogP contribution in [-0.4, -0.2) is 30.9 Å². The third kappa shape index (κ3) is 2.94. The number of halogens is 1. The van der Waals surface area contributed by atoms with E-state index in [0.717, 1.165) is 0 Å². The molecule has 0 bridgehead atoms. The first-order valence-electron chi connectivity index (χ1n) is 4.01. The molecule has 0 aliphatic heterocycles. The lowest BCUT2D eigenvalue weighted by atomic mass is 10.5. The lowest BCUT2D eigenvalue weighted by Gasteiger charge is -2.01. The summed E-state index contributed by atoms with van der Waals surface area (Å²) in [5.74, 6) is -0.0991. The summed E-state index contributed by atoms with van der Waals surface area (Å²) in [5.41, 5.74) is 0. The van der Waals surface area contributed by atoms with Gasteiger partial charge in [-0.15, -0.1) is 0 Å². The van der Waals surface area contributed by atoms with Crippen molar-refractivity contribution in [3.05, 3.63) is 23.4 Å². The fourth-order valence-electron chi connectivity index (χ4n) is 0.905. The molecule has 0 spiro atoms. The van der Waals surface area contributed by atoms with E-state index in [1.54, 1.807) is 0 Å². The third-order valence-corrected chi connectivity index (χ3v) is 3.52. The van der Waals surface area contributed by atoms with E-state index < -0.39 is 9.84 Å².